The van der Waals surface area contributed by atoms with Crippen LogP contribution >= 0.6 is 0 Å². The maximum absolute atomic E-state index is 12.3. The summed E-state index contributed by atoms with van der Waals surface area (Å²) < 4.78 is 16.2. The van der Waals surface area contributed by atoms with Crippen LogP contribution in [0.3, 0.4) is 0 Å². The predicted molar refractivity (Wildman–Crippen MR) is 147 cm³/mol. The van der Waals surface area contributed by atoms with Gasteiger partial charge < -0.3 is 24.8 Å². The summed E-state index contributed by atoms with van der Waals surface area (Å²) in [6, 6.07) is 20.2. The van der Waals surface area contributed by atoms with Gasteiger partial charge in [0.05, 0.1) is 7.11 Å². The maximum atomic E-state index is 12.3. The molecule has 0 aliphatic heterocycles. The monoisotopic (exact) mass is 518 g/mol. The molecular formula is C30H34N2O6. The number of amides is 2. The van der Waals surface area contributed by atoms with Crippen molar-refractivity contribution >= 4 is 29.2 Å². The highest BCUT2D eigenvalue weighted by atomic mass is 16.5. The fourth-order valence-corrected chi connectivity index (χ4v) is 3.85. The lowest BCUT2D eigenvalue weighted by Gasteiger charge is -2.14. The van der Waals surface area contributed by atoms with Crippen LogP contribution in [0.2, 0.25) is 0 Å². The van der Waals surface area contributed by atoms with Gasteiger partial charge in [0.1, 0.15) is 5.75 Å². The van der Waals surface area contributed by atoms with Crippen LogP contribution in [0.1, 0.15) is 44.2 Å². The van der Waals surface area contributed by atoms with Crippen LogP contribution in [0, 0.1) is 0 Å². The summed E-state index contributed by atoms with van der Waals surface area (Å²) in [7, 11) is 1.58. The molecule has 3 rings (SSSR count). The number of esters is 1. The summed E-state index contributed by atoms with van der Waals surface area (Å²) in [6.45, 7) is 3.68. The molecule has 0 radical (unpaired) electrons. The van der Waals surface area contributed by atoms with E-state index in [2.05, 4.69) is 10.6 Å². The van der Waals surface area contributed by atoms with E-state index in [0.717, 1.165) is 29.7 Å². The number of anilines is 2. The van der Waals surface area contributed by atoms with Gasteiger partial charge in [0.2, 0.25) is 5.91 Å². The Labute approximate surface area is 223 Å². The normalized spacial score (nSPS) is 10.4. The molecule has 0 saturated carbocycles. The third kappa shape index (κ3) is 8.37. The van der Waals surface area contributed by atoms with Gasteiger partial charge in [-0.25, -0.2) is 0 Å². The van der Waals surface area contributed by atoms with Gasteiger partial charge >= 0.3 is 5.97 Å². The molecule has 0 aliphatic rings. The first-order chi connectivity index (χ1) is 18.4. The number of aryl methyl sites for hydroxylation is 2. The van der Waals surface area contributed by atoms with Crippen molar-refractivity contribution < 1.29 is 28.6 Å². The number of carbonyl (C=O) groups is 3. The zero-order valence-electron chi connectivity index (χ0n) is 22.0. The molecule has 0 aromatic heterocycles. The van der Waals surface area contributed by atoms with Crippen LogP contribution in [0.5, 0.6) is 17.2 Å². The molecule has 0 saturated heterocycles. The van der Waals surface area contributed by atoms with E-state index in [1.807, 2.05) is 50.2 Å². The quantitative estimate of drug-likeness (QED) is 0.273. The minimum Gasteiger partial charge on any atom is -0.493 e. The van der Waals surface area contributed by atoms with Crippen LogP contribution in [-0.2, 0) is 32.0 Å². The van der Waals surface area contributed by atoms with Crippen molar-refractivity contribution in [2.24, 2.45) is 0 Å². The van der Waals surface area contributed by atoms with E-state index in [1.54, 1.807) is 37.4 Å². The van der Waals surface area contributed by atoms with Crippen molar-refractivity contribution in [3.05, 3.63) is 77.9 Å². The van der Waals surface area contributed by atoms with Crippen LogP contribution < -0.4 is 20.1 Å². The molecule has 3 aromatic rings. The highest BCUT2D eigenvalue weighted by Gasteiger charge is 2.13. The molecule has 0 unspecified atom stereocenters. The predicted octanol–water partition coefficient (Wildman–Crippen LogP) is 5.90. The third-order valence-electron chi connectivity index (χ3n) is 5.85. The second kappa shape index (κ2) is 14.4. The molecule has 0 bridgehead atoms. The smallest absolute Gasteiger partial charge is 0.306 e. The number of nitrogens with one attached hydrogen (secondary N) is 2. The summed E-state index contributed by atoms with van der Waals surface area (Å²) in [5, 5.41) is 5.66. The van der Waals surface area contributed by atoms with E-state index in [1.165, 1.54) is 0 Å². The van der Waals surface area contributed by atoms with Crippen molar-refractivity contribution in [3.8, 4) is 17.2 Å². The molecule has 8 nitrogen and oxygen atoms in total. The maximum Gasteiger partial charge on any atom is 0.306 e. The highest BCUT2D eigenvalue weighted by molar-refractivity contribution is 5.94. The van der Waals surface area contributed by atoms with Crippen LogP contribution in [0.15, 0.2) is 66.7 Å². The number of ether oxygens (including phenoxy) is 3. The highest BCUT2D eigenvalue weighted by Crippen LogP contribution is 2.31. The second-order valence-corrected chi connectivity index (χ2v) is 8.55. The standard InChI is InChI=1S/C30H34N2O6/c1-4-21-10-8-11-22(5-2)30(21)32-28(34)20-37-29(35)15-9-14-27(33)31-23-16-18-24(19-17-23)38-26-13-7-6-12-25(26)36-3/h6-8,10-13,16-19H,4-5,9,14-15,20H2,1-3H3,(H,31,33)(H,32,34). The molecule has 3 aromatic carbocycles. The molecule has 0 aliphatic carbocycles. The lowest BCUT2D eigenvalue weighted by molar-refractivity contribution is -0.147. The van der Waals surface area contributed by atoms with E-state index in [-0.39, 0.29) is 31.3 Å². The Morgan fingerprint density at radius 3 is 2.03 bits per heavy atom. The van der Waals surface area contributed by atoms with Crippen molar-refractivity contribution in [2.75, 3.05) is 24.4 Å². The number of rotatable bonds is 13. The number of methoxy groups -OCH3 is 1. The average molecular weight is 519 g/mol. The Kier molecular flexibility index (Phi) is 10.7. The van der Waals surface area contributed by atoms with Gasteiger partial charge in [-0.3, -0.25) is 14.4 Å². The summed E-state index contributed by atoms with van der Waals surface area (Å²) in [4.78, 5) is 36.7. The molecule has 0 spiro atoms. The Morgan fingerprint density at radius 1 is 0.737 bits per heavy atom. The largest absolute Gasteiger partial charge is 0.493 e. The van der Waals surface area contributed by atoms with Crippen molar-refractivity contribution in [3.63, 3.8) is 0 Å². The first-order valence-corrected chi connectivity index (χ1v) is 12.7. The zero-order valence-corrected chi connectivity index (χ0v) is 22.0. The third-order valence-corrected chi connectivity index (χ3v) is 5.85. The van der Waals surface area contributed by atoms with E-state index in [0.29, 0.717) is 29.4 Å². The van der Waals surface area contributed by atoms with E-state index in [9.17, 15) is 14.4 Å². The summed E-state index contributed by atoms with van der Waals surface area (Å²) >= 11 is 0. The fraction of sp³-hybridized carbons (Fsp3) is 0.300. The van der Waals surface area contributed by atoms with Gasteiger partial charge in [-0.05, 0) is 66.8 Å². The Hall–Kier alpha value is -4.33. The van der Waals surface area contributed by atoms with E-state index in [4.69, 9.17) is 14.2 Å². The number of carbonyl (C=O) groups excluding carboxylic acids is 3. The molecule has 38 heavy (non-hydrogen) atoms. The van der Waals surface area contributed by atoms with Crippen LogP contribution in [0.4, 0.5) is 11.4 Å². The molecule has 2 N–H and O–H groups in total. The van der Waals surface area contributed by atoms with E-state index < -0.39 is 5.97 Å². The first kappa shape index (κ1) is 28.2. The molecule has 0 fully saturated rings. The van der Waals surface area contributed by atoms with E-state index >= 15 is 0 Å². The fourth-order valence-electron chi connectivity index (χ4n) is 3.85. The number of benzene rings is 3. The minimum atomic E-state index is -0.523. The Bertz CT molecular complexity index is 1220. The topological polar surface area (TPSA) is 103 Å². The summed E-state index contributed by atoms with van der Waals surface area (Å²) in [6.07, 6.45) is 2.06. The first-order valence-electron chi connectivity index (χ1n) is 12.7. The lowest BCUT2D eigenvalue weighted by atomic mass is 10.0. The van der Waals surface area contributed by atoms with Crippen LogP contribution in [0.25, 0.3) is 0 Å². The van der Waals surface area contributed by atoms with Crippen molar-refractivity contribution in [1.29, 1.82) is 0 Å². The zero-order chi connectivity index (χ0) is 27.3. The van der Waals surface area contributed by atoms with Gasteiger partial charge in [0.25, 0.3) is 5.91 Å². The van der Waals surface area contributed by atoms with Gasteiger partial charge in [0, 0.05) is 24.2 Å². The molecule has 0 atom stereocenters. The minimum absolute atomic E-state index is 0.0398. The Morgan fingerprint density at radius 2 is 1.39 bits per heavy atom. The molecule has 2 amide bonds. The number of hydrogen-bond donors (Lipinski definition) is 2. The molecule has 0 heterocycles. The van der Waals surface area contributed by atoms with Gasteiger partial charge in [-0.15, -0.1) is 0 Å². The van der Waals surface area contributed by atoms with Crippen molar-refractivity contribution in [2.45, 2.75) is 46.0 Å². The number of para-hydroxylation sites is 3. The van der Waals surface area contributed by atoms with Gasteiger partial charge in [-0.2, -0.15) is 0 Å². The average Bonchev–Trinajstić information content (AvgIpc) is 2.93. The van der Waals surface area contributed by atoms with Crippen LogP contribution in [-0.4, -0.2) is 31.5 Å². The number of hydrogen-bond acceptors (Lipinski definition) is 6. The van der Waals surface area contributed by atoms with Gasteiger partial charge in [0.15, 0.2) is 18.1 Å². The molecular weight excluding hydrogens is 484 g/mol. The molecule has 200 valence electrons. The Balaban J connectivity index is 1.37. The molecule has 8 heteroatoms. The van der Waals surface area contributed by atoms with Gasteiger partial charge in [-0.1, -0.05) is 44.2 Å². The SMILES string of the molecule is CCc1cccc(CC)c1NC(=O)COC(=O)CCCC(=O)Nc1ccc(Oc2ccccc2OC)cc1. The lowest BCUT2D eigenvalue weighted by Crippen LogP contribution is -2.22. The second-order valence-electron chi connectivity index (χ2n) is 8.55. The summed E-state index contributed by atoms with van der Waals surface area (Å²) in [5.74, 6) is 0.680. The summed E-state index contributed by atoms with van der Waals surface area (Å²) in [5.41, 5.74) is 3.47. The van der Waals surface area contributed by atoms with Crippen molar-refractivity contribution in [1.82, 2.24) is 0 Å².